The van der Waals surface area contributed by atoms with Crippen molar-refractivity contribution in [1.82, 2.24) is 15.3 Å². The summed E-state index contributed by atoms with van der Waals surface area (Å²) in [5.41, 5.74) is -0.0698. The lowest BCUT2D eigenvalue weighted by molar-refractivity contribution is 0.0507. The largest absolute Gasteiger partial charge is 0.471 e. The van der Waals surface area contributed by atoms with Gasteiger partial charge in [-0.05, 0) is 32.9 Å². The SMILES string of the molecule is CC1(Oc2ccncn2)CCNCC1. The van der Waals surface area contributed by atoms with Crippen molar-refractivity contribution in [3.63, 3.8) is 0 Å². The Morgan fingerprint density at radius 3 is 2.86 bits per heavy atom. The average Bonchev–Trinajstić information content (AvgIpc) is 2.19. The average molecular weight is 193 g/mol. The highest BCUT2D eigenvalue weighted by atomic mass is 16.5. The molecule has 4 heteroatoms. The van der Waals surface area contributed by atoms with Gasteiger partial charge in [-0.1, -0.05) is 0 Å². The van der Waals surface area contributed by atoms with Crippen molar-refractivity contribution in [1.29, 1.82) is 0 Å². The maximum Gasteiger partial charge on any atom is 0.216 e. The maximum absolute atomic E-state index is 5.85. The molecule has 1 aliphatic rings. The number of piperidine rings is 1. The minimum atomic E-state index is -0.0698. The van der Waals surface area contributed by atoms with E-state index in [2.05, 4.69) is 22.2 Å². The number of aromatic nitrogens is 2. The predicted molar refractivity (Wildman–Crippen MR) is 53.2 cm³/mol. The molecule has 1 saturated heterocycles. The van der Waals surface area contributed by atoms with E-state index in [0.717, 1.165) is 25.9 Å². The molecule has 2 rings (SSSR count). The molecule has 1 aromatic heterocycles. The lowest BCUT2D eigenvalue weighted by Gasteiger charge is -2.33. The molecule has 2 heterocycles. The van der Waals surface area contributed by atoms with Crippen LogP contribution in [0.5, 0.6) is 5.88 Å². The molecular weight excluding hydrogens is 178 g/mol. The fraction of sp³-hybridized carbons (Fsp3) is 0.600. The highest BCUT2D eigenvalue weighted by Gasteiger charge is 2.28. The minimum Gasteiger partial charge on any atom is -0.471 e. The zero-order valence-corrected chi connectivity index (χ0v) is 8.36. The zero-order chi connectivity index (χ0) is 9.86. The van der Waals surface area contributed by atoms with Gasteiger partial charge in [0.25, 0.3) is 0 Å². The first kappa shape index (κ1) is 9.40. The molecule has 0 amide bonds. The Hall–Kier alpha value is -1.16. The van der Waals surface area contributed by atoms with Crippen molar-refractivity contribution in [2.24, 2.45) is 0 Å². The third kappa shape index (κ3) is 2.20. The van der Waals surface area contributed by atoms with Crippen LogP contribution in [-0.4, -0.2) is 28.7 Å². The summed E-state index contributed by atoms with van der Waals surface area (Å²) in [5, 5.41) is 3.31. The summed E-state index contributed by atoms with van der Waals surface area (Å²) < 4.78 is 5.85. The van der Waals surface area contributed by atoms with Crippen LogP contribution in [0.2, 0.25) is 0 Å². The van der Waals surface area contributed by atoms with Gasteiger partial charge in [-0.25, -0.2) is 9.97 Å². The predicted octanol–water partition coefficient (Wildman–Crippen LogP) is 0.998. The second kappa shape index (κ2) is 3.92. The Balaban J connectivity index is 2.02. The van der Waals surface area contributed by atoms with Crippen LogP contribution in [0.25, 0.3) is 0 Å². The normalized spacial score (nSPS) is 20.4. The molecule has 0 radical (unpaired) electrons. The van der Waals surface area contributed by atoms with E-state index in [4.69, 9.17) is 4.74 Å². The third-order valence-corrected chi connectivity index (χ3v) is 2.57. The van der Waals surface area contributed by atoms with Gasteiger partial charge in [-0.2, -0.15) is 0 Å². The van der Waals surface area contributed by atoms with Gasteiger partial charge in [0.15, 0.2) is 0 Å². The zero-order valence-electron chi connectivity index (χ0n) is 8.36. The van der Waals surface area contributed by atoms with Crippen molar-refractivity contribution >= 4 is 0 Å². The van der Waals surface area contributed by atoms with E-state index in [1.807, 2.05) is 0 Å². The highest BCUT2D eigenvalue weighted by Crippen LogP contribution is 2.23. The molecule has 0 saturated carbocycles. The minimum absolute atomic E-state index is 0.0698. The van der Waals surface area contributed by atoms with Crippen LogP contribution in [0.1, 0.15) is 19.8 Å². The Bertz CT molecular complexity index is 283. The smallest absolute Gasteiger partial charge is 0.216 e. The van der Waals surface area contributed by atoms with E-state index in [1.165, 1.54) is 6.33 Å². The van der Waals surface area contributed by atoms with Gasteiger partial charge in [0.1, 0.15) is 11.9 Å². The number of nitrogens with zero attached hydrogens (tertiary/aromatic N) is 2. The van der Waals surface area contributed by atoms with E-state index in [-0.39, 0.29) is 5.60 Å². The van der Waals surface area contributed by atoms with Crippen LogP contribution in [-0.2, 0) is 0 Å². The Labute approximate surface area is 83.7 Å². The Morgan fingerprint density at radius 2 is 2.21 bits per heavy atom. The number of ether oxygens (including phenoxy) is 1. The summed E-state index contributed by atoms with van der Waals surface area (Å²) in [7, 11) is 0. The van der Waals surface area contributed by atoms with Gasteiger partial charge >= 0.3 is 0 Å². The molecule has 0 atom stereocenters. The number of hydrogen-bond donors (Lipinski definition) is 1. The van der Waals surface area contributed by atoms with Crippen LogP contribution >= 0.6 is 0 Å². The van der Waals surface area contributed by atoms with Crippen LogP contribution in [0.15, 0.2) is 18.6 Å². The quantitative estimate of drug-likeness (QED) is 0.761. The molecule has 1 aliphatic heterocycles. The van der Waals surface area contributed by atoms with Gasteiger partial charge in [-0.3, -0.25) is 0 Å². The van der Waals surface area contributed by atoms with E-state index < -0.39 is 0 Å². The molecular formula is C10H15N3O. The number of nitrogens with one attached hydrogen (secondary N) is 1. The van der Waals surface area contributed by atoms with Gasteiger partial charge in [-0.15, -0.1) is 0 Å². The van der Waals surface area contributed by atoms with Gasteiger partial charge in [0.2, 0.25) is 5.88 Å². The number of rotatable bonds is 2. The van der Waals surface area contributed by atoms with E-state index >= 15 is 0 Å². The van der Waals surface area contributed by atoms with Crippen LogP contribution in [0.3, 0.4) is 0 Å². The maximum atomic E-state index is 5.85. The summed E-state index contributed by atoms with van der Waals surface area (Å²) in [6, 6.07) is 1.80. The Kier molecular flexibility index (Phi) is 2.63. The monoisotopic (exact) mass is 193 g/mol. The first-order valence-corrected chi connectivity index (χ1v) is 4.94. The summed E-state index contributed by atoms with van der Waals surface area (Å²) in [4.78, 5) is 7.92. The summed E-state index contributed by atoms with van der Waals surface area (Å²) in [6.07, 6.45) is 5.26. The molecule has 1 N–H and O–H groups in total. The van der Waals surface area contributed by atoms with Crippen molar-refractivity contribution in [3.8, 4) is 5.88 Å². The Morgan fingerprint density at radius 1 is 1.43 bits per heavy atom. The lowest BCUT2D eigenvalue weighted by atomic mass is 9.95. The van der Waals surface area contributed by atoms with E-state index in [0.29, 0.717) is 5.88 Å². The van der Waals surface area contributed by atoms with E-state index in [9.17, 15) is 0 Å². The fourth-order valence-corrected chi connectivity index (χ4v) is 1.65. The number of hydrogen-bond acceptors (Lipinski definition) is 4. The summed E-state index contributed by atoms with van der Waals surface area (Å²) in [5.74, 6) is 0.671. The van der Waals surface area contributed by atoms with Crippen molar-refractivity contribution < 1.29 is 4.74 Å². The van der Waals surface area contributed by atoms with Crippen LogP contribution in [0.4, 0.5) is 0 Å². The van der Waals surface area contributed by atoms with Crippen molar-refractivity contribution in [2.75, 3.05) is 13.1 Å². The summed E-state index contributed by atoms with van der Waals surface area (Å²) >= 11 is 0. The molecule has 1 aromatic rings. The molecule has 1 fully saturated rings. The van der Waals surface area contributed by atoms with Crippen LogP contribution in [0, 0.1) is 0 Å². The van der Waals surface area contributed by atoms with E-state index in [1.54, 1.807) is 12.3 Å². The molecule has 0 spiro atoms. The molecule has 76 valence electrons. The molecule has 4 nitrogen and oxygen atoms in total. The van der Waals surface area contributed by atoms with Gasteiger partial charge in [0.05, 0.1) is 0 Å². The van der Waals surface area contributed by atoms with Crippen molar-refractivity contribution in [3.05, 3.63) is 18.6 Å². The summed E-state index contributed by atoms with van der Waals surface area (Å²) in [6.45, 7) is 4.17. The molecule has 14 heavy (non-hydrogen) atoms. The van der Waals surface area contributed by atoms with Gasteiger partial charge < -0.3 is 10.1 Å². The molecule has 0 bridgehead atoms. The van der Waals surface area contributed by atoms with Crippen LogP contribution < -0.4 is 10.1 Å². The lowest BCUT2D eigenvalue weighted by Crippen LogP contribution is -2.43. The topological polar surface area (TPSA) is 47.0 Å². The molecule has 0 aromatic carbocycles. The first-order valence-electron chi connectivity index (χ1n) is 4.94. The van der Waals surface area contributed by atoms with Crippen molar-refractivity contribution in [2.45, 2.75) is 25.4 Å². The fourth-order valence-electron chi connectivity index (χ4n) is 1.65. The standard InChI is InChI=1S/C10H15N3O/c1-10(3-6-11-7-4-10)14-9-2-5-12-8-13-9/h2,5,8,11H,3-4,6-7H2,1H3. The second-order valence-corrected chi connectivity index (χ2v) is 3.85. The second-order valence-electron chi connectivity index (χ2n) is 3.85. The molecule has 0 aliphatic carbocycles. The third-order valence-electron chi connectivity index (χ3n) is 2.57. The highest BCUT2D eigenvalue weighted by molar-refractivity contribution is 5.07. The van der Waals surface area contributed by atoms with Gasteiger partial charge in [0, 0.05) is 12.3 Å². The first-order chi connectivity index (χ1) is 6.79. The molecule has 0 unspecified atom stereocenters.